The molecule has 0 amide bonds. The van der Waals surface area contributed by atoms with Crippen LogP contribution in [0.1, 0.15) is 0 Å². The Balaban J connectivity index is 0.000000807. The van der Waals surface area contributed by atoms with Crippen molar-refractivity contribution in [2.24, 2.45) is 0 Å². The molecule has 0 bridgehead atoms. The van der Waals surface area contributed by atoms with Crippen LogP contribution >= 0.6 is 24.8 Å². The Labute approximate surface area is 152 Å². The third-order valence-corrected chi connectivity index (χ3v) is 3.60. The Morgan fingerprint density at radius 1 is 0.727 bits per heavy atom. The number of aromatic nitrogens is 1. The predicted molar refractivity (Wildman–Crippen MR) is 94.8 cm³/mol. The van der Waals surface area contributed by atoms with Crippen LogP contribution in [0.4, 0.5) is 0 Å². The van der Waals surface area contributed by atoms with Gasteiger partial charge in [-0.15, -0.1) is 49.1 Å². The quantitative estimate of drug-likeness (QED) is 0.398. The summed E-state index contributed by atoms with van der Waals surface area (Å²) in [5, 5.41) is 3.76. The first-order valence-corrected chi connectivity index (χ1v) is 6.42. The topological polar surface area (TPSA) is 12.9 Å². The van der Waals surface area contributed by atoms with Crippen LogP contribution in [-0.2, 0) is 17.4 Å². The van der Waals surface area contributed by atoms with Crippen LogP contribution in [0.5, 0.6) is 0 Å². The van der Waals surface area contributed by atoms with Gasteiger partial charge in [-0.3, -0.25) is 4.98 Å². The van der Waals surface area contributed by atoms with E-state index in [-0.39, 0.29) is 42.2 Å². The minimum atomic E-state index is 0. The summed E-state index contributed by atoms with van der Waals surface area (Å²) in [6.07, 6.45) is 1.86. The van der Waals surface area contributed by atoms with Crippen LogP contribution in [-0.4, -0.2) is 4.98 Å². The fourth-order valence-electron chi connectivity index (χ4n) is 2.71. The Hall–Kier alpha value is -1.43. The van der Waals surface area contributed by atoms with Crippen LogP contribution < -0.4 is 0 Å². The van der Waals surface area contributed by atoms with Gasteiger partial charge in [0.25, 0.3) is 0 Å². The second kappa shape index (κ2) is 7.72. The third-order valence-electron chi connectivity index (χ3n) is 3.60. The van der Waals surface area contributed by atoms with E-state index in [9.17, 15) is 0 Å². The maximum absolute atomic E-state index is 4.54. The molecule has 0 radical (unpaired) electrons. The minimum absolute atomic E-state index is 0. The van der Waals surface area contributed by atoms with E-state index in [1.807, 2.05) is 12.3 Å². The molecule has 3 aromatic carbocycles. The van der Waals surface area contributed by atoms with Crippen LogP contribution in [0, 0.1) is 0 Å². The summed E-state index contributed by atoms with van der Waals surface area (Å²) in [6.45, 7) is 0. The molecule has 0 atom stereocenters. The standard InChI is InChI=1S/C18H12N.2ClH.Cr/c1-2-8-15-13(5-1)10-11-16(15)17-9-3-6-14-7-4-12-19-18(14)17;;;/h1-12H;2*1H;/q-1;;;. The molecule has 0 saturated heterocycles. The van der Waals surface area contributed by atoms with Crippen molar-refractivity contribution < 1.29 is 17.4 Å². The van der Waals surface area contributed by atoms with E-state index < -0.39 is 0 Å². The molecule has 1 heterocycles. The zero-order valence-electron chi connectivity index (χ0n) is 11.6. The molecule has 4 heteroatoms. The van der Waals surface area contributed by atoms with Gasteiger partial charge in [0.15, 0.2) is 0 Å². The number of pyridine rings is 1. The van der Waals surface area contributed by atoms with Gasteiger partial charge >= 0.3 is 0 Å². The van der Waals surface area contributed by atoms with E-state index in [0.29, 0.717) is 0 Å². The van der Waals surface area contributed by atoms with Crippen LogP contribution in [0.2, 0.25) is 0 Å². The number of hydrogen-bond acceptors (Lipinski definition) is 1. The van der Waals surface area contributed by atoms with E-state index in [0.717, 1.165) is 5.52 Å². The molecule has 0 aliphatic heterocycles. The van der Waals surface area contributed by atoms with E-state index >= 15 is 0 Å². The number of fused-ring (bicyclic) bond motifs is 2. The van der Waals surface area contributed by atoms with Crippen molar-refractivity contribution in [3.05, 3.63) is 72.9 Å². The molecule has 0 aliphatic carbocycles. The molecule has 0 N–H and O–H groups in total. The minimum Gasteiger partial charge on any atom is -0.288 e. The first-order valence-electron chi connectivity index (χ1n) is 6.42. The zero-order valence-corrected chi connectivity index (χ0v) is 14.5. The van der Waals surface area contributed by atoms with Crippen molar-refractivity contribution in [1.82, 2.24) is 4.98 Å². The van der Waals surface area contributed by atoms with Crippen molar-refractivity contribution in [2.75, 3.05) is 0 Å². The van der Waals surface area contributed by atoms with Gasteiger partial charge in [0.1, 0.15) is 0 Å². The van der Waals surface area contributed by atoms with Crippen molar-refractivity contribution in [3.8, 4) is 11.1 Å². The molecular weight excluding hydrogens is 353 g/mol. The Morgan fingerprint density at radius 3 is 2.32 bits per heavy atom. The second-order valence-corrected chi connectivity index (χ2v) is 4.71. The molecule has 0 unspecified atom stereocenters. The molecule has 1 nitrogen and oxygen atoms in total. The van der Waals surface area contributed by atoms with Gasteiger partial charge < -0.3 is 0 Å². The molecule has 0 aliphatic rings. The molecule has 4 rings (SSSR count). The predicted octanol–water partition coefficient (Wildman–Crippen LogP) is 5.62. The van der Waals surface area contributed by atoms with E-state index in [1.54, 1.807) is 0 Å². The molecule has 22 heavy (non-hydrogen) atoms. The normalized spacial score (nSPS) is 9.64. The molecular formula is C18H14Cl2CrN-. The van der Waals surface area contributed by atoms with E-state index in [4.69, 9.17) is 0 Å². The fourth-order valence-corrected chi connectivity index (χ4v) is 2.71. The smallest absolute Gasteiger partial charge is 0.0237 e. The summed E-state index contributed by atoms with van der Waals surface area (Å²) in [4.78, 5) is 4.54. The molecule has 0 saturated carbocycles. The second-order valence-electron chi connectivity index (χ2n) is 4.71. The summed E-state index contributed by atoms with van der Waals surface area (Å²) in [7, 11) is 0. The van der Waals surface area contributed by atoms with Gasteiger partial charge in [0.2, 0.25) is 0 Å². The molecule has 0 fully saturated rings. The van der Waals surface area contributed by atoms with Crippen molar-refractivity contribution >= 4 is 46.5 Å². The third kappa shape index (κ3) is 3.02. The first kappa shape index (κ1) is 18.6. The maximum atomic E-state index is 4.54. The summed E-state index contributed by atoms with van der Waals surface area (Å²) in [5.74, 6) is 0. The molecule has 112 valence electrons. The van der Waals surface area contributed by atoms with Crippen molar-refractivity contribution in [1.29, 1.82) is 0 Å². The summed E-state index contributed by atoms with van der Waals surface area (Å²) < 4.78 is 0. The largest absolute Gasteiger partial charge is 0.288 e. The average molecular weight is 367 g/mol. The van der Waals surface area contributed by atoms with Gasteiger partial charge in [0, 0.05) is 29.1 Å². The van der Waals surface area contributed by atoms with Gasteiger partial charge in [-0.1, -0.05) is 58.3 Å². The molecule has 0 spiro atoms. The Kier molecular flexibility index (Phi) is 6.53. The first-order chi connectivity index (χ1) is 9.43. The summed E-state index contributed by atoms with van der Waals surface area (Å²) in [5.41, 5.74) is 3.54. The monoisotopic (exact) mass is 366 g/mol. The fraction of sp³-hybridized carbons (Fsp3) is 0. The van der Waals surface area contributed by atoms with Gasteiger partial charge in [0.05, 0.1) is 0 Å². The average Bonchev–Trinajstić information content (AvgIpc) is 2.90. The number of rotatable bonds is 1. The van der Waals surface area contributed by atoms with Crippen molar-refractivity contribution in [2.45, 2.75) is 0 Å². The summed E-state index contributed by atoms with van der Waals surface area (Å²) >= 11 is 0. The van der Waals surface area contributed by atoms with E-state index in [1.165, 1.54) is 27.3 Å². The van der Waals surface area contributed by atoms with Crippen LogP contribution in [0.15, 0.2) is 72.9 Å². The number of halogens is 2. The van der Waals surface area contributed by atoms with Crippen molar-refractivity contribution in [3.63, 3.8) is 0 Å². The van der Waals surface area contributed by atoms with Gasteiger partial charge in [-0.2, -0.15) is 0 Å². The van der Waals surface area contributed by atoms with Gasteiger partial charge in [-0.25, -0.2) is 0 Å². The SMILES string of the molecule is Cl.Cl.[Cr].c1cnc2c(-[c-]3ccc4ccccc43)cccc2c1. The Bertz CT molecular complexity index is 881. The number of benzene rings is 2. The summed E-state index contributed by atoms with van der Waals surface area (Å²) in [6, 6.07) is 23.3. The van der Waals surface area contributed by atoms with E-state index in [2.05, 4.69) is 65.6 Å². The van der Waals surface area contributed by atoms with Crippen LogP contribution in [0.25, 0.3) is 32.8 Å². The van der Waals surface area contributed by atoms with Crippen LogP contribution in [0.3, 0.4) is 0 Å². The maximum Gasteiger partial charge on any atom is 0.0237 e. The zero-order chi connectivity index (χ0) is 12.7. The number of hydrogen-bond donors (Lipinski definition) is 0. The van der Waals surface area contributed by atoms with Gasteiger partial charge in [-0.05, 0) is 11.5 Å². The molecule has 4 aromatic rings. The number of para-hydroxylation sites is 1. The number of nitrogens with zero attached hydrogens (tertiary/aromatic N) is 1. The Morgan fingerprint density at radius 2 is 1.45 bits per heavy atom. The molecule has 1 aromatic heterocycles.